The fourth-order valence-electron chi connectivity index (χ4n) is 2.97. The Labute approximate surface area is 174 Å². The van der Waals surface area contributed by atoms with Crippen molar-refractivity contribution in [2.75, 3.05) is 15.4 Å². The van der Waals surface area contributed by atoms with Gasteiger partial charge in [0.15, 0.2) is 0 Å². The first-order chi connectivity index (χ1) is 13.6. The zero-order valence-corrected chi connectivity index (χ0v) is 17.8. The Balaban J connectivity index is 1.84. The number of carbonyl (C=O) groups excluding carboxylic acids is 2. The summed E-state index contributed by atoms with van der Waals surface area (Å²) in [4.78, 5) is 25.0. The van der Waals surface area contributed by atoms with Crippen LogP contribution in [0.1, 0.15) is 31.1 Å². The molecule has 0 spiro atoms. The molecule has 29 heavy (non-hydrogen) atoms. The van der Waals surface area contributed by atoms with Crippen LogP contribution in [0.3, 0.4) is 0 Å². The molecule has 3 rings (SSSR count). The summed E-state index contributed by atoms with van der Waals surface area (Å²) in [6.07, 6.45) is 0.0372. The van der Waals surface area contributed by atoms with Gasteiger partial charge in [0.1, 0.15) is 5.75 Å². The van der Waals surface area contributed by atoms with Crippen molar-refractivity contribution in [1.29, 1.82) is 0 Å². The van der Waals surface area contributed by atoms with Crippen molar-refractivity contribution in [3.05, 3.63) is 53.1 Å². The molecule has 9 heteroatoms. The second-order valence-electron chi connectivity index (χ2n) is 7.09. The van der Waals surface area contributed by atoms with Gasteiger partial charge in [-0.05, 0) is 56.3 Å². The average molecular weight is 437 g/mol. The highest BCUT2D eigenvalue weighted by atomic mass is 35.5. The van der Waals surface area contributed by atoms with E-state index in [1.165, 1.54) is 25.1 Å². The number of halogens is 1. The van der Waals surface area contributed by atoms with Gasteiger partial charge < -0.3 is 10.1 Å². The first-order valence-corrected chi connectivity index (χ1v) is 11.0. The van der Waals surface area contributed by atoms with E-state index in [1.54, 1.807) is 24.3 Å². The highest BCUT2D eigenvalue weighted by Gasteiger charge is 2.43. The average Bonchev–Trinajstić information content (AvgIpc) is 2.84. The summed E-state index contributed by atoms with van der Waals surface area (Å²) in [5.41, 5.74) is 0.699. The molecule has 0 aromatic heterocycles. The lowest BCUT2D eigenvalue weighted by Crippen LogP contribution is -2.30. The number of rotatable bonds is 5. The molecule has 7 nitrogen and oxygen atoms in total. The minimum absolute atomic E-state index is 0.0191. The zero-order valence-electron chi connectivity index (χ0n) is 16.2. The molecule has 1 N–H and O–H groups in total. The van der Waals surface area contributed by atoms with Crippen molar-refractivity contribution in [1.82, 2.24) is 0 Å². The first-order valence-electron chi connectivity index (χ1n) is 9.03. The van der Waals surface area contributed by atoms with Gasteiger partial charge in [0.05, 0.1) is 28.5 Å². The number of nitrogens with one attached hydrogen (secondary N) is 1. The molecule has 1 aliphatic heterocycles. The third kappa shape index (κ3) is 4.54. The highest BCUT2D eigenvalue weighted by molar-refractivity contribution is 7.94. The standard InChI is InChI=1S/C20H21ClN2O5S/c1-12(2)28-16-7-5-15(6-8-16)22-19(24)14-4-9-17(21)18(10-14)23-20(25)13(3)11-29(23,26)27/h4-10,12-13H,11H2,1-3H3,(H,22,24). The number of sulfonamides is 1. The van der Waals surface area contributed by atoms with Crippen LogP contribution >= 0.6 is 11.6 Å². The second kappa shape index (κ2) is 8.04. The Hall–Kier alpha value is -2.58. The van der Waals surface area contributed by atoms with Crippen molar-refractivity contribution in [3.63, 3.8) is 0 Å². The zero-order chi connectivity index (χ0) is 21.3. The van der Waals surface area contributed by atoms with Gasteiger partial charge in [0.25, 0.3) is 5.91 Å². The van der Waals surface area contributed by atoms with Crippen molar-refractivity contribution >= 4 is 44.8 Å². The van der Waals surface area contributed by atoms with E-state index in [0.29, 0.717) is 15.7 Å². The van der Waals surface area contributed by atoms with Gasteiger partial charge in [0.2, 0.25) is 15.9 Å². The van der Waals surface area contributed by atoms with Crippen molar-refractivity contribution in [2.45, 2.75) is 26.9 Å². The predicted molar refractivity (Wildman–Crippen MR) is 112 cm³/mol. The lowest BCUT2D eigenvalue weighted by Gasteiger charge is -2.18. The molecule has 0 radical (unpaired) electrons. The smallest absolute Gasteiger partial charge is 0.255 e. The Kier molecular flexibility index (Phi) is 5.86. The third-order valence-corrected chi connectivity index (χ3v) is 6.45. The molecule has 1 saturated heterocycles. The van der Waals surface area contributed by atoms with E-state index in [2.05, 4.69) is 5.32 Å². The van der Waals surface area contributed by atoms with E-state index >= 15 is 0 Å². The molecule has 1 unspecified atom stereocenters. The molecule has 2 aromatic carbocycles. The molecule has 1 fully saturated rings. The van der Waals surface area contributed by atoms with E-state index < -0.39 is 27.8 Å². The molecular weight excluding hydrogens is 416 g/mol. The number of carbonyl (C=O) groups is 2. The number of anilines is 2. The van der Waals surface area contributed by atoms with Crippen molar-refractivity contribution in [3.8, 4) is 5.75 Å². The minimum atomic E-state index is -3.82. The maximum Gasteiger partial charge on any atom is 0.255 e. The number of ether oxygens (including phenoxy) is 1. The van der Waals surface area contributed by atoms with Gasteiger partial charge in [-0.15, -0.1) is 0 Å². The van der Waals surface area contributed by atoms with E-state index in [0.717, 1.165) is 0 Å². The fraction of sp³-hybridized carbons (Fsp3) is 0.300. The molecular formula is C20H21ClN2O5S. The van der Waals surface area contributed by atoms with E-state index in [9.17, 15) is 18.0 Å². The lowest BCUT2D eigenvalue weighted by atomic mass is 10.1. The van der Waals surface area contributed by atoms with Crippen LogP contribution in [0.25, 0.3) is 0 Å². The van der Waals surface area contributed by atoms with Crippen molar-refractivity contribution in [2.24, 2.45) is 5.92 Å². The molecule has 0 aliphatic carbocycles. The number of hydrogen-bond donors (Lipinski definition) is 1. The highest BCUT2D eigenvalue weighted by Crippen LogP contribution is 2.34. The van der Waals surface area contributed by atoms with Gasteiger partial charge in [-0.3, -0.25) is 9.59 Å². The summed E-state index contributed by atoms with van der Waals surface area (Å²) in [6.45, 7) is 5.37. The summed E-state index contributed by atoms with van der Waals surface area (Å²) in [5, 5.41) is 2.80. The quantitative estimate of drug-likeness (QED) is 0.771. The van der Waals surface area contributed by atoms with Gasteiger partial charge in [-0.25, -0.2) is 12.7 Å². The Morgan fingerprint density at radius 2 is 1.86 bits per heavy atom. The van der Waals surface area contributed by atoms with Gasteiger partial charge in [-0.1, -0.05) is 18.5 Å². The number of hydrogen-bond acceptors (Lipinski definition) is 5. The normalized spacial score (nSPS) is 18.2. The van der Waals surface area contributed by atoms with Crippen LogP contribution in [0.4, 0.5) is 11.4 Å². The SMILES string of the molecule is CC(C)Oc1ccc(NC(=O)c2ccc(Cl)c(N3C(=O)C(C)CS3(=O)=O)c2)cc1. The maximum absolute atomic E-state index is 12.6. The third-order valence-electron chi connectivity index (χ3n) is 4.27. The van der Waals surface area contributed by atoms with Crippen LogP contribution in [0, 0.1) is 5.92 Å². The summed E-state index contributed by atoms with van der Waals surface area (Å²) in [7, 11) is -3.82. The summed E-state index contributed by atoms with van der Waals surface area (Å²) in [6, 6.07) is 11.0. The summed E-state index contributed by atoms with van der Waals surface area (Å²) in [5.74, 6) is -1.30. The van der Waals surface area contributed by atoms with Crippen molar-refractivity contribution < 1.29 is 22.7 Å². The Bertz CT molecular complexity index is 1050. The fourth-order valence-corrected chi connectivity index (χ4v) is 5.05. The Morgan fingerprint density at radius 1 is 1.21 bits per heavy atom. The lowest BCUT2D eigenvalue weighted by molar-refractivity contribution is -0.119. The number of nitrogens with zero attached hydrogens (tertiary/aromatic N) is 1. The minimum Gasteiger partial charge on any atom is -0.491 e. The van der Waals surface area contributed by atoms with Crippen LogP contribution in [0.5, 0.6) is 5.75 Å². The predicted octanol–water partition coefficient (Wildman–Crippen LogP) is 3.69. The first kappa shape index (κ1) is 21.1. The van der Waals surface area contributed by atoms with E-state index in [1.807, 2.05) is 13.8 Å². The molecule has 1 aliphatic rings. The molecule has 0 bridgehead atoms. The van der Waals surface area contributed by atoms with Gasteiger partial charge in [0, 0.05) is 11.3 Å². The van der Waals surface area contributed by atoms with Crippen LogP contribution < -0.4 is 14.4 Å². The molecule has 154 valence electrons. The number of benzene rings is 2. The molecule has 2 amide bonds. The van der Waals surface area contributed by atoms with Crippen LogP contribution in [-0.2, 0) is 14.8 Å². The summed E-state index contributed by atoms with van der Waals surface area (Å²) < 4.78 is 30.9. The van der Waals surface area contributed by atoms with Crippen LogP contribution in [-0.4, -0.2) is 32.1 Å². The molecule has 2 aromatic rings. The Morgan fingerprint density at radius 3 is 2.41 bits per heavy atom. The molecule has 0 saturated carbocycles. The van der Waals surface area contributed by atoms with Gasteiger partial charge in [-0.2, -0.15) is 0 Å². The topological polar surface area (TPSA) is 92.8 Å². The monoisotopic (exact) mass is 436 g/mol. The van der Waals surface area contributed by atoms with Gasteiger partial charge >= 0.3 is 0 Å². The summed E-state index contributed by atoms with van der Waals surface area (Å²) >= 11 is 6.14. The largest absolute Gasteiger partial charge is 0.491 e. The van der Waals surface area contributed by atoms with Crippen LogP contribution in [0.15, 0.2) is 42.5 Å². The van der Waals surface area contributed by atoms with E-state index in [-0.39, 0.29) is 28.1 Å². The maximum atomic E-state index is 12.6. The number of amides is 2. The second-order valence-corrected chi connectivity index (χ2v) is 9.36. The molecule has 1 atom stereocenters. The molecule has 1 heterocycles. The van der Waals surface area contributed by atoms with Crippen LogP contribution in [0.2, 0.25) is 5.02 Å². The van der Waals surface area contributed by atoms with E-state index in [4.69, 9.17) is 16.3 Å².